The molecule has 2 rings (SSSR count). The van der Waals surface area contributed by atoms with Gasteiger partial charge in [0.15, 0.2) is 0 Å². The summed E-state index contributed by atoms with van der Waals surface area (Å²) >= 11 is 0. The molecule has 190 valence electrons. The quantitative estimate of drug-likeness (QED) is 0.292. The van der Waals surface area contributed by atoms with Crippen molar-refractivity contribution in [3.8, 4) is 0 Å². The van der Waals surface area contributed by atoms with E-state index in [1.807, 2.05) is 37.5 Å². The summed E-state index contributed by atoms with van der Waals surface area (Å²) in [5, 5.41) is 27.2. The van der Waals surface area contributed by atoms with Crippen LogP contribution in [-0.2, 0) is 9.53 Å². The average Bonchev–Trinajstić information content (AvgIpc) is 2.91. The van der Waals surface area contributed by atoms with Crippen LogP contribution in [-0.4, -0.2) is 77.0 Å². The number of carbonyl (C=O) groups excluding carboxylic acids is 2. The molecule has 1 aromatic carbocycles. The summed E-state index contributed by atoms with van der Waals surface area (Å²) in [5.41, 5.74) is -0.284. The second-order valence-corrected chi connectivity index (χ2v) is 9.81. The lowest BCUT2D eigenvalue weighted by Crippen LogP contribution is -2.48. The van der Waals surface area contributed by atoms with E-state index in [2.05, 4.69) is 10.6 Å². The number of amides is 2. The number of rotatable bonds is 8. The van der Waals surface area contributed by atoms with E-state index in [9.17, 15) is 24.8 Å². The van der Waals surface area contributed by atoms with Crippen molar-refractivity contribution < 1.29 is 24.4 Å². The molecule has 2 unspecified atom stereocenters. The molecule has 11 heteroatoms. The standard InChI is InChI=1S/C23H37N5O6/c1-15(2)25-20(29)13-24-21(30)18-12-17(8-9-19(18)28(32)33)26-10-7-11-27(16(3)14-26)22(31)34-23(4,5)6/h8-9,12,15-16,22,31H,7,10-11,13-14H2,1-6H3,(H,24,30)(H,25,29). The normalized spacial score (nSPS) is 18.4. The molecule has 0 aliphatic carbocycles. The van der Waals surface area contributed by atoms with Crippen molar-refractivity contribution >= 4 is 23.2 Å². The Morgan fingerprint density at radius 2 is 1.97 bits per heavy atom. The maximum atomic E-state index is 12.7. The van der Waals surface area contributed by atoms with Crippen molar-refractivity contribution in [2.24, 2.45) is 0 Å². The first-order valence-corrected chi connectivity index (χ1v) is 11.5. The summed E-state index contributed by atoms with van der Waals surface area (Å²) in [6.45, 7) is 12.7. The van der Waals surface area contributed by atoms with Crippen LogP contribution in [0.25, 0.3) is 0 Å². The highest BCUT2D eigenvalue weighted by atomic mass is 16.6. The average molecular weight is 480 g/mol. The van der Waals surface area contributed by atoms with Crippen molar-refractivity contribution in [1.82, 2.24) is 15.5 Å². The molecule has 0 spiro atoms. The Bertz CT molecular complexity index is 885. The Hall–Kier alpha value is -2.76. The number of nitrogens with zero attached hydrogens (tertiary/aromatic N) is 3. The zero-order valence-corrected chi connectivity index (χ0v) is 20.8. The van der Waals surface area contributed by atoms with Crippen molar-refractivity contribution in [2.75, 3.05) is 31.1 Å². The number of aliphatic hydroxyl groups excluding tert-OH is 1. The van der Waals surface area contributed by atoms with Crippen molar-refractivity contribution in [3.05, 3.63) is 33.9 Å². The van der Waals surface area contributed by atoms with Gasteiger partial charge >= 0.3 is 0 Å². The fourth-order valence-electron chi connectivity index (χ4n) is 3.82. The van der Waals surface area contributed by atoms with Crippen LogP contribution in [0.3, 0.4) is 0 Å². The molecule has 0 radical (unpaired) electrons. The molecule has 1 aliphatic heterocycles. The van der Waals surface area contributed by atoms with Crippen LogP contribution in [0.5, 0.6) is 0 Å². The molecule has 0 aromatic heterocycles. The fourth-order valence-corrected chi connectivity index (χ4v) is 3.82. The second kappa shape index (κ2) is 11.6. The summed E-state index contributed by atoms with van der Waals surface area (Å²) in [6, 6.07) is 4.25. The molecule has 2 amide bonds. The number of carbonyl (C=O) groups is 2. The number of aliphatic hydroxyl groups is 1. The van der Waals surface area contributed by atoms with Gasteiger partial charge in [0, 0.05) is 43.5 Å². The third-order valence-electron chi connectivity index (χ3n) is 5.28. The van der Waals surface area contributed by atoms with Gasteiger partial charge in [-0.05, 0) is 60.1 Å². The smallest absolute Gasteiger partial charge is 0.282 e. The SMILES string of the molecule is CC(C)NC(=O)CNC(=O)c1cc(N2CCCN(C(O)OC(C)(C)C)C(C)C2)ccc1[N+](=O)[O-]. The van der Waals surface area contributed by atoms with E-state index in [-0.39, 0.29) is 35.8 Å². The van der Waals surface area contributed by atoms with Crippen LogP contribution in [0.2, 0.25) is 0 Å². The predicted octanol–water partition coefficient (Wildman–Crippen LogP) is 1.84. The summed E-state index contributed by atoms with van der Waals surface area (Å²) in [7, 11) is 0. The van der Waals surface area contributed by atoms with E-state index < -0.39 is 22.8 Å². The summed E-state index contributed by atoms with van der Waals surface area (Å²) in [5.74, 6) is -1.06. The zero-order chi connectivity index (χ0) is 25.6. The summed E-state index contributed by atoms with van der Waals surface area (Å²) in [6.07, 6.45) is -0.326. The molecular weight excluding hydrogens is 442 g/mol. The van der Waals surface area contributed by atoms with Crippen LogP contribution >= 0.6 is 0 Å². The van der Waals surface area contributed by atoms with Gasteiger partial charge in [0.2, 0.25) is 12.3 Å². The minimum Gasteiger partial charge on any atom is -0.370 e. The Morgan fingerprint density at radius 3 is 2.56 bits per heavy atom. The first-order chi connectivity index (χ1) is 15.8. The minimum atomic E-state index is -1.05. The van der Waals surface area contributed by atoms with Crippen molar-refractivity contribution in [1.29, 1.82) is 0 Å². The maximum Gasteiger partial charge on any atom is 0.282 e. The Kier molecular flexibility index (Phi) is 9.37. The number of nitro benzene ring substituents is 1. The van der Waals surface area contributed by atoms with Gasteiger partial charge in [0.1, 0.15) is 5.56 Å². The minimum absolute atomic E-state index is 0.0768. The second-order valence-electron chi connectivity index (χ2n) is 9.81. The summed E-state index contributed by atoms with van der Waals surface area (Å²) in [4.78, 5) is 39.4. The van der Waals surface area contributed by atoms with Gasteiger partial charge in [-0.3, -0.25) is 24.6 Å². The number of ether oxygens (including phenoxy) is 1. The lowest BCUT2D eigenvalue weighted by molar-refractivity contribution is -0.385. The van der Waals surface area contributed by atoms with Gasteiger partial charge in [0.05, 0.1) is 17.1 Å². The van der Waals surface area contributed by atoms with Crippen LogP contribution in [0, 0.1) is 10.1 Å². The van der Waals surface area contributed by atoms with Gasteiger partial charge in [-0.15, -0.1) is 0 Å². The molecule has 1 heterocycles. The van der Waals surface area contributed by atoms with Gasteiger partial charge in [0.25, 0.3) is 11.6 Å². The molecule has 1 aliphatic rings. The Balaban J connectivity index is 2.20. The first-order valence-electron chi connectivity index (χ1n) is 11.5. The van der Waals surface area contributed by atoms with Gasteiger partial charge in [-0.2, -0.15) is 0 Å². The van der Waals surface area contributed by atoms with Crippen LogP contribution in [0.15, 0.2) is 18.2 Å². The number of anilines is 1. The van der Waals surface area contributed by atoms with Crippen LogP contribution in [0.1, 0.15) is 58.3 Å². The zero-order valence-electron chi connectivity index (χ0n) is 20.8. The van der Waals surface area contributed by atoms with E-state index in [1.54, 1.807) is 19.9 Å². The number of benzene rings is 1. The highest BCUT2D eigenvalue weighted by Gasteiger charge is 2.30. The molecule has 34 heavy (non-hydrogen) atoms. The molecule has 11 nitrogen and oxygen atoms in total. The largest absolute Gasteiger partial charge is 0.370 e. The Morgan fingerprint density at radius 1 is 1.29 bits per heavy atom. The van der Waals surface area contributed by atoms with Gasteiger partial charge < -0.3 is 25.4 Å². The van der Waals surface area contributed by atoms with E-state index in [0.717, 1.165) is 6.42 Å². The van der Waals surface area contributed by atoms with Crippen molar-refractivity contribution in [3.63, 3.8) is 0 Å². The number of nitrogens with one attached hydrogen (secondary N) is 2. The number of nitro groups is 1. The highest BCUT2D eigenvalue weighted by Crippen LogP contribution is 2.27. The van der Waals surface area contributed by atoms with Gasteiger partial charge in [-0.25, -0.2) is 0 Å². The van der Waals surface area contributed by atoms with Crippen LogP contribution < -0.4 is 15.5 Å². The van der Waals surface area contributed by atoms with E-state index >= 15 is 0 Å². The summed E-state index contributed by atoms with van der Waals surface area (Å²) < 4.78 is 5.71. The van der Waals surface area contributed by atoms with E-state index in [0.29, 0.717) is 25.3 Å². The molecule has 1 fully saturated rings. The maximum absolute atomic E-state index is 12.7. The van der Waals surface area contributed by atoms with Gasteiger partial charge in [-0.1, -0.05) is 0 Å². The lowest BCUT2D eigenvalue weighted by atomic mass is 10.1. The van der Waals surface area contributed by atoms with E-state index in [4.69, 9.17) is 4.74 Å². The number of hydrogen-bond donors (Lipinski definition) is 3. The fraction of sp³-hybridized carbons (Fsp3) is 0.652. The molecule has 3 N–H and O–H groups in total. The van der Waals surface area contributed by atoms with Crippen LogP contribution in [0.4, 0.5) is 11.4 Å². The third kappa shape index (κ3) is 7.93. The molecule has 1 aromatic rings. The Labute approximate surface area is 200 Å². The topological polar surface area (TPSA) is 137 Å². The monoisotopic (exact) mass is 479 g/mol. The molecule has 0 saturated carbocycles. The predicted molar refractivity (Wildman–Crippen MR) is 129 cm³/mol. The third-order valence-corrected chi connectivity index (χ3v) is 5.28. The molecule has 0 bridgehead atoms. The first kappa shape index (κ1) is 27.5. The lowest BCUT2D eigenvalue weighted by Gasteiger charge is -2.36. The number of hydrogen-bond acceptors (Lipinski definition) is 8. The molecule has 1 saturated heterocycles. The van der Waals surface area contributed by atoms with E-state index in [1.165, 1.54) is 12.1 Å². The molecule has 2 atom stereocenters. The highest BCUT2D eigenvalue weighted by molar-refractivity contribution is 6.00. The molecular formula is C23H37N5O6. The van der Waals surface area contributed by atoms with Crippen molar-refractivity contribution in [2.45, 2.75) is 72.1 Å².